The second-order valence-corrected chi connectivity index (χ2v) is 3.44. The smallest absolute Gasteiger partial charge is 0.336 e. The highest BCUT2D eigenvalue weighted by atomic mass is 35.5. The molecule has 76 valence electrons. The molecule has 0 unspecified atom stereocenters. The molecule has 3 nitrogen and oxygen atoms in total. The predicted molar refractivity (Wildman–Crippen MR) is 58.1 cm³/mol. The zero-order valence-corrected chi connectivity index (χ0v) is 8.88. The Kier molecular flexibility index (Phi) is 3.73. The quantitative estimate of drug-likeness (QED) is 0.809. The summed E-state index contributed by atoms with van der Waals surface area (Å²) >= 11 is 11.4. The van der Waals surface area contributed by atoms with E-state index in [1.807, 2.05) is 0 Å². The summed E-state index contributed by atoms with van der Waals surface area (Å²) in [5, 5.41) is 17.6. The number of allylic oxidation sites excluding steroid dienone is 1. The van der Waals surface area contributed by atoms with E-state index in [1.54, 1.807) is 6.07 Å². The average Bonchev–Trinajstić information content (AvgIpc) is 2.19. The minimum atomic E-state index is -1.12. The number of nitrogens with zero attached hydrogens (tertiary/aromatic N) is 1. The van der Waals surface area contributed by atoms with Crippen molar-refractivity contribution in [2.24, 2.45) is 0 Å². The molecule has 0 aliphatic carbocycles. The summed E-state index contributed by atoms with van der Waals surface area (Å²) in [5.41, 5.74) is 0.356. The first kappa shape index (κ1) is 11.6. The molecule has 5 heteroatoms. The van der Waals surface area contributed by atoms with Gasteiger partial charge in [-0.2, -0.15) is 5.26 Å². The lowest BCUT2D eigenvalue weighted by molar-refractivity contribution is 0.0696. The molecule has 0 fully saturated rings. The second-order valence-electron chi connectivity index (χ2n) is 2.62. The number of carbonyl (C=O) groups is 1. The van der Waals surface area contributed by atoms with Crippen molar-refractivity contribution in [2.75, 3.05) is 0 Å². The fourth-order valence-electron chi connectivity index (χ4n) is 1.01. The van der Waals surface area contributed by atoms with Gasteiger partial charge in [0.2, 0.25) is 0 Å². The largest absolute Gasteiger partial charge is 0.478 e. The van der Waals surface area contributed by atoms with E-state index < -0.39 is 5.97 Å². The van der Waals surface area contributed by atoms with Crippen molar-refractivity contribution in [1.82, 2.24) is 0 Å². The van der Waals surface area contributed by atoms with Crippen LogP contribution >= 0.6 is 23.2 Å². The Balaban J connectivity index is 3.36. The number of hydrogen-bond acceptors (Lipinski definition) is 2. The van der Waals surface area contributed by atoms with Gasteiger partial charge in [-0.25, -0.2) is 4.79 Å². The third-order valence-corrected chi connectivity index (χ3v) is 2.38. The first-order chi connectivity index (χ1) is 7.06. The molecule has 1 aromatic carbocycles. The molecule has 0 aromatic heterocycles. The van der Waals surface area contributed by atoms with Gasteiger partial charge in [-0.15, -0.1) is 0 Å². The van der Waals surface area contributed by atoms with Gasteiger partial charge in [0.15, 0.2) is 0 Å². The lowest BCUT2D eigenvalue weighted by Gasteiger charge is -2.03. The van der Waals surface area contributed by atoms with Crippen molar-refractivity contribution >= 4 is 35.2 Å². The van der Waals surface area contributed by atoms with Crippen molar-refractivity contribution < 1.29 is 9.90 Å². The third kappa shape index (κ3) is 2.72. The maximum Gasteiger partial charge on any atom is 0.336 e. The van der Waals surface area contributed by atoms with E-state index in [0.29, 0.717) is 5.56 Å². The normalized spacial score (nSPS) is 10.2. The Morgan fingerprint density at radius 3 is 2.53 bits per heavy atom. The third-order valence-electron chi connectivity index (χ3n) is 1.66. The number of rotatable bonds is 2. The lowest BCUT2D eigenvalue weighted by atomic mass is 10.1. The molecule has 0 radical (unpaired) electrons. The van der Waals surface area contributed by atoms with Crippen LogP contribution in [-0.2, 0) is 0 Å². The van der Waals surface area contributed by atoms with Crippen LogP contribution in [-0.4, -0.2) is 11.1 Å². The molecule has 1 rings (SSSR count). The first-order valence-electron chi connectivity index (χ1n) is 3.84. The van der Waals surface area contributed by atoms with E-state index in [4.69, 9.17) is 33.6 Å². The molecular weight excluding hydrogens is 237 g/mol. The number of nitriles is 1. The number of hydrogen-bond donors (Lipinski definition) is 1. The molecule has 0 bridgehead atoms. The Bertz CT molecular complexity index is 475. The Morgan fingerprint density at radius 1 is 1.40 bits per heavy atom. The molecule has 0 saturated heterocycles. The minimum Gasteiger partial charge on any atom is -0.478 e. The molecule has 0 atom stereocenters. The SMILES string of the molecule is N#CC=Cc1cc(Cl)c(Cl)cc1C(=O)O. The van der Waals surface area contributed by atoms with Crippen LogP contribution < -0.4 is 0 Å². The summed E-state index contributed by atoms with van der Waals surface area (Å²) in [7, 11) is 0. The molecule has 0 amide bonds. The van der Waals surface area contributed by atoms with Gasteiger partial charge >= 0.3 is 5.97 Å². The fourth-order valence-corrected chi connectivity index (χ4v) is 1.35. The van der Waals surface area contributed by atoms with Crippen molar-refractivity contribution in [1.29, 1.82) is 5.26 Å². The van der Waals surface area contributed by atoms with Crippen LogP contribution in [0.3, 0.4) is 0 Å². The monoisotopic (exact) mass is 241 g/mol. The van der Waals surface area contributed by atoms with Crippen LogP contribution in [0.4, 0.5) is 0 Å². The summed E-state index contributed by atoms with van der Waals surface area (Å²) in [6.07, 6.45) is 2.54. The maximum absolute atomic E-state index is 10.8. The van der Waals surface area contributed by atoms with E-state index in [9.17, 15) is 4.79 Å². The molecule has 0 aliphatic rings. The van der Waals surface area contributed by atoms with Gasteiger partial charge in [0.05, 0.1) is 21.7 Å². The lowest BCUT2D eigenvalue weighted by Crippen LogP contribution is -1.99. The van der Waals surface area contributed by atoms with Crippen molar-refractivity contribution in [2.45, 2.75) is 0 Å². The van der Waals surface area contributed by atoms with E-state index >= 15 is 0 Å². The van der Waals surface area contributed by atoms with Gasteiger partial charge in [-0.3, -0.25) is 0 Å². The van der Waals surface area contributed by atoms with E-state index in [0.717, 1.165) is 0 Å². The molecule has 0 saturated carbocycles. The van der Waals surface area contributed by atoms with Gasteiger partial charge in [-0.1, -0.05) is 23.2 Å². The molecular formula is C10H5Cl2NO2. The summed E-state index contributed by atoms with van der Waals surface area (Å²) in [4.78, 5) is 10.8. The number of halogens is 2. The standard InChI is InChI=1S/C10H5Cl2NO2/c11-8-4-6(2-1-3-13)7(10(14)15)5-9(8)12/h1-2,4-5H,(H,14,15). The fraction of sp³-hybridized carbons (Fsp3) is 0. The molecule has 1 N–H and O–H groups in total. The maximum atomic E-state index is 10.8. The Hall–Kier alpha value is -1.50. The topological polar surface area (TPSA) is 61.1 Å². The van der Waals surface area contributed by atoms with Gasteiger partial charge < -0.3 is 5.11 Å². The number of aromatic carboxylic acids is 1. The van der Waals surface area contributed by atoms with Crippen molar-refractivity contribution in [3.05, 3.63) is 39.4 Å². The summed E-state index contributed by atoms with van der Waals surface area (Å²) in [6, 6.07) is 4.42. The van der Waals surface area contributed by atoms with E-state index in [-0.39, 0.29) is 15.6 Å². The number of carboxylic acid groups (broad SMARTS) is 1. The highest BCUT2D eigenvalue weighted by molar-refractivity contribution is 6.42. The molecule has 0 heterocycles. The van der Waals surface area contributed by atoms with Crippen LogP contribution in [0, 0.1) is 11.3 Å². The van der Waals surface area contributed by atoms with Crippen LogP contribution in [0.25, 0.3) is 6.08 Å². The van der Waals surface area contributed by atoms with Crippen LogP contribution in [0.1, 0.15) is 15.9 Å². The highest BCUT2D eigenvalue weighted by Gasteiger charge is 2.11. The average molecular weight is 242 g/mol. The van der Waals surface area contributed by atoms with Gasteiger partial charge in [0.25, 0.3) is 0 Å². The van der Waals surface area contributed by atoms with Crippen LogP contribution in [0.2, 0.25) is 10.0 Å². The Labute approximate surface area is 96.2 Å². The van der Waals surface area contributed by atoms with Crippen LogP contribution in [0.15, 0.2) is 18.2 Å². The van der Waals surface area contributed by atoms with Gasteiger partial charge in [0.1, 0.15) is 0 Å². The van der Waals surface area contributed by atoms with Crippen LogP contribution in [0.5, 0.6) is 0 Å². The Morgan fingerprint density at radius 2 is 2.00 bits per heavy atom. The highest BCUT2D eigenvalue weighted by Crippen LogP contribution is 2.26. The molecule has 1 aromatic rings. The summed E-state index contributed by atoms with van der Waals surface area (Å²) in [6.45, 7) is 0. The first-order valence-corrected chi connectivity index (χ1v) is 4.60. The summed E-state index contributed by atoms with van der Waals surface area (Å²) < 4.78 is 0. The summed E-state index contributed by atoms with van der Waals surface area (Å²) in [5.74, 6) is -1.12. The zero-order chi connectivity index (χ0) is 11.4. The molecule has 15 heavy (non-hydrogen) atoms. The predicted octanol–water partition coefficient (Wildman–Crippen LogP) is 3.23. The van der Waals surface area contributed by atoms with E-state index in [1.165, 1.54) is 24.3 Å². The number of carboxylic acids is 1. The van der Waals surface area contributed by atoms with Gasteiger partial charge in [0, 0.05) is 6.08 Å². The number of benzene rings is 1. The van der Waals surface area contributed by atoms with Gasteiger partial charge in [-0.05, 0) is 23.8 Å². The minimum absolute atomic E-state index is 0.0101. The van der Waals surface area contributed by atoms with E-state index in [2.05, 4.69) is 0 Å². The second kappa shape index (κ2) is 4.83. The molecule has 0 aliphatic heterocycles. The van der Waals surface area contributed by atoms with Crippen molar-refractivity contribution in [3.8, 4) is 6.07 Å². The van der Waals surface area contributed by atoms with Crippen molar-refractivity contribution in [3.63, 3.8) is 0 Å². The molecule has 0 spiro atoms. The zero-order valence-electron chi connectivity index (χ0n) is 7.37.